The molecule has 0 saturated heterocycles. The van der Waals surface area contributed by atoms with Crippen molar-refractivity contribution in [2.24, 2.45) is 0 Å². The van der Waals surface area contributed by atoms with Gasteiger partial charge < -0.3 is 10.2 Å². The van der Waals surface area contributed by atoms with Crippen LogP contribution in [-0.4, -0.2) is 38.8 Å². The average Bonchev–Trinajstić information content (AvgIpc) is 2.88. The van der Waals surface area contributed by atoms with E-state index in [9.17, 15) is 4.79 Å². The Bertz CT molecular complexity index is 553. The Hall–Kier alpha value is -2.02. The van der Waals surface area contributed by atoms with Gasteiger partial charge in [-0.05, 0) is 19.9 Å². The van der Waals surface area contributed by atoms with Crippen LogP contribution in [0, 0.1) is 0 Å². The minimum Gasteiger partial charge on any atom is -0.343 e. The molecule has 0 aliphatic heterocycles. The van der Waals surface area contributed by atoms with Crippen molar-refractivity contribution in [2.45, 2.75) is 20.3 Å². The van der Waals surface area contributed by atoms with E-state index in [4.69, 9.17) is 0 Å². The van der Waals surface area contributed by atoms with Crippen molar-refractivity contribution in [3.63, 3.8) is 0 Å². The third-order valence-corrected chi connectivity index (χ3v) is 3.59. The van der Waals surface area contributed by atoms with Crippen LogP contribution in [0.1, 0.15) is 19.5 Å². The molecule has 0 bridgehead atoms. The average molecular weight is 291 g/mol. The second-order valence-electron chi connectivity index (χ2n) is 4.08. The highest BCUT2D eigenvalue weighted by atomic mass is 32.1. The molecule has 0 spiro atoms. The fraction of sp³-hybridized carbons (Fsp3) is 0.385. The first kappa shape index (κ1) is 14.4. The SMILES string of the molecule is CCN(CC)C(=O)Cc1csc(Nc2ncccn2)n1. The highest BCUT2D eigenvalue weighted by Crippen LogP contribution is 2.19. The van der Waals surface area contributed by atoms with Crippen molar-refractivity contribution in [2.75, 3.05) is 18.4 Å². The predicted molar refractivity (Wildman–Crippen MR) is 79.1 cm³/mol. The number of aromatic nitrogens is 3. The molecule has 1 amide bonds. The Morgan fingerprint density at radius 1 is 1.30 bits per heavy atom. The van der Waals surface area contributed by atoms with Gasteiger partial charge in [-0.3, -0.25) is 4.79 Å². The van der Waals surface area contributed by atoms with Gasteiger partial charge >= 0.3 is 0 Å². The van der Waals surface area contributed by atoms with Crippen LogP contribution in [0.3, 0.4) is 0 Å². The predicted octanol–water partition coefficient (Wildman–Crippen LogP) is 2.09. The minimum absolute atomic E-state index is 0.0998. The highest BCUT2D eigenvalue weighted by molar-refractivity contribution is 7.13. The quantitative estimate of drug-likeness (QED) is 0.882. The summed E-state index contributed by atoms with van der Waals surface area (Å²) in [7, 11) is 0. The van der Waals surface area contributed by atoms with E-state index in [2.05, 4.69) is 20.3 Å². The third kappa shape index (κ3) is 3.74. The summed E-state index contributed by atoms with van der Waals surface area (Å²) in [6.07, 6.45) is 3.65. The Morgan fingerprint density at radius 3 is 2.65 bits per heavy atom. The highest BCUT2D eigenvalue weighted by Gasteiger charge is 2.13. The number of thiazole rings is 1. The fourth-order valence-corrected chi connectivity index (χ4v) is 2.45. The number of amides is 1. The van der Waals surface area contributed by atoms with Crippen molar-refractivity contribution < 1.29 is 4.79 Å². The van der Waals surface area contributed by atoms with E-state index >= 15 is 0 Å². The van der Waals surface area contributed by atoms with E-state index in [1.54, 1.807) is 23.4 Å². The molecule has 2 aromatic rings. The van der Waals surface area contributed by atoms with E-state index in [0.29, 0.717) is 17.5 Å². The largest absolute Gasteiger partial charge is 0.343 e. The van der Waals surface area contributed by atoms with Gasteiger partial charge in [0.1, 0.15) is 0 Å². The van der Waals surface area contributed by atoms with Crippen molar-refractivity contribution in [3.8, 4) is 0 Å². The maximum Gasteiger partial charge on any atom is 0.228 e. The maximum absolute atomic E-state index is 12.0. The first-order valence-corrected chi connectivity index (χ1v) is 7.37. The van der Waals surface area contributed by atoms with Crippen LogP contribution in [0.2, 0.25) is 0 Å². The van der Waals surface area contributed by atoms with Gasteiger partial charge in [0.15, 0.2) is 5.13 Å². The molecule has 0 aliphatic rings. The van der Waals surface area contributed by atoms with E-state index < -0.39 is 0 Å². The first-order chi connectivity index (χ1) is 9.72. The zero-order valence-corrected chi connectivity index (χ0v) is 12.4. The number of hydrogen-bond acceptors (Lipinski definition) is 6. The summed E-state index contributed by atoms with van der Waals surface area (Å²) in [6.45, 7) is 5.40. The van der Waals surface area contributed by atoms with Gasteiger partial charge in [0.05, 0.1) is 12.1 Å². The maximum atomic E-state index is 12.0. The molecule has 2 aromatic heterocycles. The van der Waals surface area contributed by atoms with Crippen LogP contribution >= 0.6 is 11.3 Å². The number of carbonyl (C=O) groups is 1. The molecule has 1 N–H and O–H groups in total. The Morgan fingerprint density at radius 2 is 2.00 bits per heavy atom. The molecular formula is C13H17N5OS. The molecule has 20 heavy (non-hydrogen) atoms. The van der Waals surface area contributed by atoms with Crippen LogP contribution in [-0.2, 0) is 11.2 Å². The molecule has 0 aliphatic carbocycles. The number of carbonyl (C=O) groups excluding carboxylic acids is 1. The molecular weight excluding hydrogens is 274 g/mol. The summed E-state index contributed by atoms with van der Waals surface area (Å²) in [4.78, 5) is 26.3. The molecule has 6 nitrogen and oxygen atoms in total. The smallest absolute Gasteiger partial charge is 0.228 e. The van der Waals surface area contributed by atoms with Crippen LogP contribution < -0.4 is 5.32 Å². The second-order valence-corrected chi connectivity index (χ2v) is 4.94. The molecule has 2 rings (SSSR count). The van der Waals surface area contributed by atoms with E-state index in [0.717, 1.165) is 18.8 Å². The normalized spacial score (nSPS) is 10.3. The number of likely N-dealkylation sites (N-methyl/N-ethyl adjacent to an activating group) is 1. The monoisotopic (exact) mass is 291 g/mol. The van der Waals surface area contributed by atoms with Gasteiger partial charge in [-0.2, -0.15) is 0 Å². The second kappa shape index (κ2) is 6.95. The van der Waals surface area contributed by atoms with Gasteiger partial charge in [-0.1, -0.05) is 0 Å². The summed E-state index contributed by atoms with van der Waals surface area (Å²) in [5, 5.41) is 5.59. The summed E-state index contributed by atoms with van der Waals surface area (Å²) >= 11 is 1.44. The number of nitrogens with zero attached hydrogens (tertiary/aromatic N) is 4. The number of anilines is 2. The van der Waals surface area contributed by atoms with Gasteiger partial charge in [-0.25, -0.2) is 15.0 Å². The van der Waals surface area contributed by atoms with E-state index in [1.165, 1.54) is 11.3 Å². The third-order valence-electron chi connectivity index (χ3n) is 2.78. The molecule has 0 saturated carbocycles. The Labute approximate surface area is 121 Å². The van der Waals surface area contributed by atoms with Crippen LogP contribution in [0.25, 0.3) is 0 Å². The summed E-state index contributed by atoms with van der Waals surface area (Å²) in [5.74, 6) is 0.603. The topological polar surface area (TPSA) is 71.0 Å². The first-order valence-electron chi connectivity index (χ1n) is 6.49. The number of hydrogen-bond donors (Lipinski definition) is 1. The lowest BCUT2D eigenvalue weighted by Gasteiger charge is -2.17. The molecule has 0 radical (unpaired) electrons. The summed E-state index contributed by atoms with van der Waals surface area (Å²) in [5.41, 5.74) is 0.769. The van der Waals surface area contributed by atoms with Gasteiger partial charge in [-0.15, -0.1) is 11.3 Å². The zero-order valence-electron chi connectivity index (χ0n) is 11.5. The lowest BCUT2D eigenvalue weighted by Crippen LogP contribution is -2.31. The van der Waals surface area contributed by atoms with E-state index in [1.807, 2.05) is 19.2 Å². The molecule has 0 atom stereocenters. The zero-order chi connectivity index (χ0) is 14.4. The summed E-state index contributed by atoms with van der Waals surface area (Å²) < 4.78 is 0. The fourth-order valence-electron chi connectivity index (χ4n) is 1.75. The van der Waals surface area contributed by atoms with Gasteiger partial charge in [0.25, 0.3) is 0 Å². The van der Waals surface area contributed by atoms with Crippen LogP contribution in [0.5, 0.6) is 0 Å². The summed E-state index contributed by atoms with van der Waals surface area (Å²) in [6, 6.07) is 1.75. The van der Waals surface area contributed by atoms with Crippen LogP contribution in [0.4, 0.5) is 11.1 Å². The molecule has 106 valence electrons. The van der Waals surface area contributed by atoms with Gasteiger partial charge in [0.2, 0.25) is 11.9 Å². The van der Waals surface area contributed by atoms with Crippen molar-refractivity contribution in [3.05, 3.63) is 29.5 Å². The number of rotatable bonds is 6. The molecule has 0 aromatic carbocycles. The van der Waals surface area contributed by atoms with Crippen molar-refractivity contribution in [1.29, 1.82) is 0 Å². The van der Waals surface area contributed by atoms with Crippen molar-refractivity contribution >= 4 is 28.3 Å². The lowest BCUT2D eigenvalue weighted by molar-refractivity contribution is -0.130. The minimum atomic E-state index is 0.0998. The Balaban J connectivity index is 1.97. The molecule has 0 unspecified atom stereocenters. The van der Waals surface area contributed by atoms with Crippen LogP contribution in [0.15, 0.2) is 23.8 Å². The molecule has 2 heterocycles. The molecule has 0 fully saturated rings. The van der Waals surface area contributed by atoms with E-state index in [-0.39, 0.29) is 5.91 Å². The lowest BCUT2D eigenvalue weighted by atomic mass is 10.3. The van der Waals surface area contributed by atoms with Crippen molar-refractivity contribution in [1.82, 2.24) is 19.9 Å². The Kier molecular flexibility index (Phi) is 5.00. The number of nitrogens with one attached hydrogen (secondary N) is 1. The van der Waals surface area contributed by atoms with Gasteiger partial charge in [0, 0.05) is 30.9 Å². The molecule has 7 heteroatoms. The standard InChI is InChI=1S/C13H17N5OS/c1-3-18(4-2)11(19)8-10-9-20-13(16-10)17-12-14-6-5-7-15-12/h5-7,9H,3-4,8H2,1-2H3,(H,14,15,16,17).